The number of hydrogen-bond donors (Lipinski definition) is 2. The Morgan fingerprint density at radius 3 is 3.00 bits per heavy atom. The van der Waals surface area contributed by atoms with Crippen LogP contribution in [0.4, 0.5) is 11.5 Å². The van der Waals surface area contributed by atoms with Crippen LogP contribution in [0.2, 0.25) is 0 Å². The van der Waals surface area contributed by atoms with Crippen LogP contribution in [-0.4, -0.2) is 16.7 Å². The number of nitrogens with one attached hydrogen (secondary N) is 1. The third-order valence-corrected chi connectivity index (χ3v) is 1.81. The summed E-state index contributed by atoms with van der Waals surface area (Å²) in [4.78, 5) is 0. The van der Waals surface area contributed by atoms with Gasteiger partial charge in [-0.3, -0.25) is 0 Å². The van der Waals surface area contributed by atoms with E-state index in [1.54, 1.807) is 11.6 Å². The molecule has 0 aliphatic rings. The number of aromatic nitrogens is 2. The Morgan fingerprint density at radius 1 is 1.50 bits per heavy atom. The molecule has 0 aliphatic carbocycles. The van der Waals surface area contributed by atoms with Crippen LogP contribution in [0, 0.1) is 0 Å². The largest absolute Gasteiger partial charge is 0.394 e. The van der Waals surface area contributed by atoms with Gasteiger partial charge >= 0.3 is 0 Å². The molecule has 0 amide bonds. The monoisotopic (exact) mass is 162 g/mol. The first kappa shape index (κ1) is 6.97. The molecule has 0 spiro atoms. The molecule has 0 atom stereocenters. The number of rotatable bonds is 1. The fraction of sp³-hybridized carbons (Fsp3) is 0.125. The van der Waals surface area contributed by atoms with Gasteiger partial charge in [-0.1, -0.05) is 6.07 Å². The van der Waals surface area contributed by atoms with Crippen LogP contribution in [0.3, 0.4) is 0 Å². The first-order valence-electron chi connectivity index (χ1n) is 3.73. The quantitative estimate of drug-likeness (QED) is 0.656. The Balaban J connectivity index is 2.78. The minimum Gasteiger partial charge on any atom is -0.394 e. The van der Waals surface area contributed by atoms with Crippen LogP contribution in [-0.2, 0) is 0 Å². The lowest BCUT2D eigenvalue weighted by Crippen LogP contribution is -1.92. The van der Waals surface area contributed by atoms with Crippen LogP contribution in [0.25, 0.3) is 5.52 Å². The fourth-order valence-corrected chi connectivity index (χ4v) is 1.20. The summed E-state index contributed by atoms with van der Waals surface area (Å²) in [6, 6.07) is 5.79. The average Bonchev–Trinajstić information content (AvgIpc) is 2.44. The van der Waals surface area contributed by atoms with E-state index in [1.165, 1.54) is 0 Å². The highest BCUT2D eigenvalue weighted by molar-refractivity contribution is 5.80. The maximum atomic E-state index is 5.80. The van der Waals surface area contributed by atoms with E-state index in [-0.39, 0.29) is 0 Å². The lowest BCUT2D eigenvalue weighted by molar-refractivity contribution is 0.963. The van der Waals surface area contributed by atoms with Gasteiger partial charge in [0.15, 0.2) is 5.82 Å². The molecule has 4 heteroatoms. The third kappa shape index (κ3) is 0.812. The van der Waals surface area contributed by atoms with Crippen molar-refractivity contribution in [2.75, 3.05) is 18.1 Å². The molecule has 2 rings (SSSR count). The molecule has 0 saturated heterocycles. The number of nitrogens with zero attached hydrogens (tertiary/aromatic N) is 2. The summed E-state index contributed by atoms with van der Waals surface area (Å²) in [7, 11) is 1.80. The topological polar surface area (TPSA) is 55.4 Å². The second kappa shape index (κ2) is 2.41. The molecule has 0 aliphatic heterocycles. The van der Waals surface area contributed by atoms with Crippen LogP contribution < -0.4 is 11.1 Å². The van der Waals surface area contributed by atoms with E-state index in [4.69, 9.17) is 5.73 Å². The van der Waals surface area contributed by atoms with E-state index in [0.29, 0.717) is 5.69 Å². The standard InChI is InChI=1S/C8H10N4/c1-10-8-7(9)6-4-2-3-5-12(6)11-8/h2-5H,9H2,1H3,(H,10,11). The van der Waals surface area contributed by atoms with E-state index < -0.39 is 0 Å². The molecule has 0 radical (unpaired) electrons. The Bertz CT molecular complexity index is 404. The van der Waals surface area contributed by atoms with Gasteiger partial charge < -0.3 is 11.1 Å². The lowest BCUT2D eigenvalue weighted by Gasteiger charge is -1.91. The summed E-state index contributed by atoms with van der Waals surface area (Å²) in [5.41, 5.74) is 7.43. The highest BCUT2D eigenvalue weighted by Gasteiger charge is 2.05. The van der Waals surface area contributed by atoms with E-state index in [2.05, 4.69) is 10.4 Å². The molecule has 62 valence electrons. The molecule has 4 nitrogen and oxygen atoms in total. The normalized spacial score (nSPS) is 10.4. The van der Waals surface area contributed by atoms with Crippen molar-refractivity contribution in [2.45, 2.75) is 0 Å². The summed E-state index contributed by atoms with van der Waals surface area (Å²) >= 11 is 0. The van der Waals surface area contributed by atoms with Gasteiger partial charge in [0.1, 0.15) is 5.69 Å². The maximum Gasteiger partial charge on any atom is 0.172 e. The zero-order chi connectivity index (χ0) is 8.55. The summed E-state index contributed by atoms with van der Waals surface area (Å²) in [6.07, 6.45) is 1.87. The molecule has 0 saturated carbocycles. The SMILES string of the molecule is CNc1nn2ccccc2c1N. The summed E-state index contributed by atoms with van der Waals surface area (Å²) in [5, 5.41) is 7.14. The predicted octanol–water partition coefficient (Wildman–Crippen LogP) is 0.958. The molecule has 0 fully saturated rings. The zero-order valence-electron chi connectivity index (χ0n) is 6.78. The van der Waals surface area contributed by atoms with Gasteiger partial charge in [0.2, 0.25) is 0 Å². The lowest BCUT2D eigenvalue weighted by atomic mass is 10.3. The van der Waals surface area contributed by atoms with Gasteiger partial charge in [0.25, 0.3) is 0 Å². The zero-order valence-corrected chi connectivity index (χ0v) is 6.78. The predicted molar refractivity (Wildman–Crippen MR) is 49.2 cm³/mol. The van der Waals surface area contributed by atoms with Crippen LogP contribution in [0.1, 0.15) is 0 Å². The van der Waals surface area contributed by atoms with Crippen molar-refractivity contribution in [3.8, 4) is 0 Å². The number of nitrogens with two attached hydrogens (primary N) is 1. The molecule has 2 heterocycles. The van der Waals surface area contributed by atoms with E-state index >= 15 is 0 Å². The van der Waals surface area contributed by atoms with Crippen molar-refractivity contribution in [1.29, 1.82) is 0 Å². The first-order chi connectivity index (χ1) is 5.83. The summed E-state index contributed by atoms with van der Waals surface area (Å²) < 4.78 is 1.75. The molecule has 0 unspecified atom stereocenters. The van der Waals surface area contributed by atoms with Crippen molar-refractivity contribution in [2.24, 2.45) is 0 Å². The number of anilines is 2. The van der Waals surface area contributed by atoms with Crippen LogP contribution in [0.15, 0.2) is 24.4 Å². The van der Waals surface area contributed by atoms with Crippen LogP contribution in [0.5, 0.6) is 0 Å². The molecule has 3 N–H and O–H groups in total. The number of fused-ring (bicyclic) bond motifs is 1. The van der Waals surface area contributed by atoms with E-state index in [1.807, 2.05) is 24.4 Å². The molecule has 0 aromatic carbocycles. The molecule has 2 aromatic heterocycles. The highest BCUT2D eigenvalue weighted by atomic mass is 15.3. The molecule has 12 heavy (non-hydrogen) atoms. The van der Waals surface area contributed by atoms with E-state index in [0.717, 1.165) is 11.3 Å². The Kier molecular flexibility index (Phi) is 1.40. The third-order valence-electron chi connectivity index (χ3n) is 1.81. The number of nitrogen functional groups attached to an aromatic ring is 1. The molecule has 0 bridgehead atoms. The van der Waals surface area contributed by atoms with Crippen molar-refractivity contribution >= 4 is 17.0 Å². The highest BCUT2D eigenvalue weighted by Crippen LogP contribution is 2.21. The van der Waals surface area contributed by atoms with E-state index in [9.17, 15) is 0 Å². The summed E-state index contributed by atoms with van der Waals surface area (Å²) in [6.45, 7) is 0. The van der Waals surface area contributed by atoms with Crippen molar-refractivity contribution < 1.29 is 0 Å². The van der Waals surface area contributed by atoms with Gasteiger partial charge in [0.05, 0.1) is 5.52 Å². The maximum absolute atomic E-state index is 5.80. The average molecular weight is 162 g/mol. The fourth-order valence-electron chi connectivity index (χ4n) is 1.20. The van der Waals surface area contributed by atoms with Gasteiger partial charge in [-0.05, 0) is 12.1 Å². The summed E-state index contributed by atoms with van der Waals surface area (Å²) in [5.74, 6) is 0.723. The Hall–Kier alpha value is -1.71. The molecule has 2 aromatic rings. The second-order valence-electron chi connectivity index (χ2n) is 2.54. The molecular formula is C8H10N4. The van der Waals surface area contributed by atoms with Gasteiger partial charge in [0, 0.05) is 13.2 Å². The van der Waals surface area contributed by atoms with Crippen molar-refractivity contribution in [1.82, 2.24) is 9.61 Å². The molecular weight excluding hydrogens is 152 g/mol. The number of pyridine rings is 1. The second-order valence-corrected chi connectivity index (χ2v) is 2.54. The Morgan fingerprint density at radius 2 is 2.33 bits per heavy atom. The minimum absolute atomic E-state index is 0.693. The minimum atomic E-state index is 0.693. The Labute approximate surface area is 70.0 Å². The number of hydrogen-bond acceptors (Lipinski definition) is 3. The van der Waals surface area contributed by atoms with Gasteiger partial charge in [-0.2, -0.15) is 0 Å². The van der Waals surface area contributed by atoms with Gasteiger partial charge in [-0.25, -0.2) is 4.52 Å². The van der Waals surface area contributed by atoms with Crippen LogP contribution >= 0.6 is 0 Å². The van der Waals surface area contributed by atoms with Crippen molar-refractivity contribution in [3.63, 3.8) is 0 Å². The first-order valence-corrected chi connectivity index (χ1v) is 3.73. The van der Waals surface area contributed by atoms with Crippen molar-refractivity contribution in [3.05, 3.63) is 24.4 Å². The van der Waals surface area contributed by atoms with Gasteiger partial charge in [-0.15, -0.1) is 5.10 Å². The smallest absolute Gasteiger partial charge is 0.172 e.